The van der Waals surface area contributed by atoms with E-state index in [1.807, 2.05) is 0 Å². The molecule has 0 bridgehead atoms. The third-order valence-corrected chi connectivity index (χ3v) is 4.04. The smallest absolute Gasteiger partial charge is 0.253 e. The van der Waals surface area contributed by atoms with E-state index in [-0.39, 0.29) is 17.1 Å². The molecule has 0 atom stereocenters. The predicted molar refractivity (Wildman–Crippen MR) is 73.4 cm³/mol. The summed E-state index contributed by atoms with van der Waals surface area (Å²) in [7, 11) is 0. The van der Waals surface area contributed by atoms with E-state index >= 15 is 0 Å². The van der Waals surface area contributed by atoms with Crippen molar-refractivity contribution in [3.8, 4) is 0 Å². The second-order valence-electron chi connectivity index (χ2n) is 5.82. The molecule has 1 fully saturated rings. The number of rotatable bonds is 2. The van der Waals surface area contributed by atoms with Crippen molar-refractivity contribution in [2.75, 3.05) is 19.6 Å². The lowest BCUT2D eigenvalue weighted by Gasteiger charge is -2.38. The lowest BCUT2D eigenvalue weighted by atomic mass is 9.80. The number of carbonyl (C=O) groups is 1. The second kappa shape index (κ2) is 5.29. The van der Waals surface area contributed by atoms with Crippen molar-refractivity contribution in [2.24, 2.45) is 11.1 Å². The highest BCUT2D eigenvalue weighted by Gasteiger charge is 2.31. The Morgan fingerprint density at radius 1 is 1.37 bits per heavy atom. The average Bonchev–Trinajstić information content (AvgIpc) is 2.38. The number of hydrogen-bond donors (Lipinski definition) is 1. The normalized spacial score (nSPS) is 18.4. The highest BCUT2D eigenvalue weighted by atomic mass is 19.1. The largest absolute Gasteiger partial charge is 0.339 e. The fourth-order valence-corrected chi connectivity index (χ4v) is 2.50. The zero-order valence-electron chi connectivity index (χ0n) is 11.6. The number of likely N-dealkylation sites (tertiary alicyclic amines) is 1. The van der Waals surface area contributed by atoms with Gasteiger partial charge in [0, 0.05) is 18.7 Å². The maximum Gasteiger partial charge on any atom is 0.253 e. The molecular weight excluding hydrogens is 243 g/mol. The van der Waals surface area contributed by atoms with Crippen LogP contribution in [0.2, 0.25) is 0 Å². The Bertz CT molecular complexity index is 459. The van der Waals surface area contributed by atoms with Crippen molar-refractivity contribution in [3.63, 3.8) is 0 Å². The van der Waals surface area contributed by atoms with Crippen molar-refractivity contribution < 1.29 is 9.18 Å². The minimum absolute atomic E-state index is 0.0818. The predicted octanol–water partition coefficient (Wildman–Crippen LogP) is 2.34. The van der Waals surface area contributed by atoms with Gasteiger partial charge in [0.2, 0.25) is 0 Å². The molecule has 1 heterocycles. The third-order valence-electron chi connectivity index (χ3n) is 4.04. The molecule has 1 aromatic rings. The molecule has 19 heavy (non-hydrogen) atoms. The van der Waals surface area contributed by atoms with Crippen molar-refractivity contribution in [2.45, 2.75) is 26.7 Å². The Hall–Kier alpha value is -1.42. The van der Waals surface area contributed by atoms with Crippen LogP contribution in [0.3, 0.4) is 0 Å². The van der Waals surface area contributed by atoms with Crippen LogP contribution in [0.1, 0.15) is 35.7 Å². The molecule has 1 aromatic carbocycles. The Morgan fingerprint density at radius 3 is 2.53 bits per heavy atom. The summed E-state index contributed by atoms with van der Waals surface area (Å²) in [5.74, 6) is -0.436. The van der Waals surface area contributed by atoms with Gasteiger partial charge in [-0.25, -0.2) is 4.39 Å². The first-order chi connectivity index (χ1) is 8.93. The molecule has 0 aromatic heterocycles. The molecule has 0 spiro atoms. The lowest BCUT2D eigenvalue weighted by Crippen LogP contribution is -2.44. The van der Waals surface area contributed by atoms with Crippen molar-refractivity contribution in [3.05, 3.63) is 35.1 Å². The van der Waals surface area contributed by atoms with Crippen LogP contribution >= 0.6 is 0 Å². The number of aryl methyl sites for hydroxylation is 1. The van der Waals surface area contributed by atoms with E-state index in [1.165, 1.54) is 12.1 Å². The summed E-state index contributed by atoms with van der Waals surface area (Å²) in [4.78, 5) is 14.1. The van der Waals surface area contributed by atoms with E-state index in [0.29, 0.717) is 25.2 Å². The van der Waals surface area contributed by atoms with E-state index in [2.05, 4.69) is 6.92 Å². The molecule has 3 nitrogen and oxygen atoms in total. The maximum absolute atomic E-state index is 13.3. The molecule has 1 amide bonds. The number of amides is 1. The minimum atomic E-state index is -0.354. The summed E-state index contributed by atoms with van der Waals surface area (Å²) in [6.45, 7) is 5.99. The molecule has 2 rings (SSSR count). The van der Waals surface area contributed by atoms with Gasteiger partial charge in [-0.05, 0) is 55.5 Å². The van der Waals surface area contributed by atoms with Crippen LogP contribution in [-0.2, 0) is 0 Å². The van der Waals surface area contributed by atoms with Gasteiger partial charge in [0.05, 0.1) is 0 Å². The Labute approximate surface area is 113 Å². The highest BCUT2D eigenvalue weighted by Crippen LogP contribution is 2.30. The number of halogens is 1. The summed E-state index contributed by atoms with van der Waals surface area (Å²) in [6.07, 6.45) is 1.81. The monoisotopic (exact) mass is 264 g/mol. The maximum atomic E-state index is 13.3. The topological polar surface area (TPSA) is 46.3 Å². The Balaban J connectivity index is 2.09. The van der Waals surface area contributed by atoms with Gasteiger partial charge in [0.25, 0.3) is 5.91 Å². The van der Waals surface area contributed by atoms with Gasteiger partial charge < -0.3 is 10.6 Å². The summed E-state index contributed by atoms with van der Waals surface area (Å²) < 4.78 is 13.3. The van der Waals surface area contributed by atoms with Gasteiger partial charge in [0.15, 0.2) is 0 Å². The van der Waals surface area contributed by atoms with E-state index in [1.54, 1.807) is 17.9 Å². The molecule has 1 aliphatic heterocycles. The van der Waals surface area contributed by atoms with E-state index in [4.69, 9.17) is 5.73 Å². The Kier molecular flexibility index (Phi) is 3.90. The number of piperidine rings is 1. The zero-order valence-corrected chi connectivity index (χ0v) is 11.6. The van der Waals surface area contributed by atoms with Crippen LogP contribution in [0.4, 0.5) is 4.39 Å². The summed E-state index contributed by atoms with van der Waals surface area (Å²) in [5.41, 5.74) is 7.10. The van der Waals surface area contributed by atoms with Crippen molar-refractivity contribution in [1.29, 1.82) is 0 Å². The molecule has 0 unspecified atom stereocenters. The Morgan fingerprint density at radius 2 is 2.00 bits per heavy atom. The first-order valence-electron chi connectivity index (χ1n) is 6.70. The van der Waals surface area contributed by atoms with Gasteiger partial charge in [-0.2, -0.15) is 0 Å². The van der Waals surface area contributed by atoms with Crippen LogP contribution in [0.25, 0.3) is 0 Å². The van der Waals surface area contributed by atoms with Gasteiger partial charge in [-0.3, -0.25) is 4.79 Å². The standard InChI is InChI=1S/C15H21FN2O/c1-11-7-12(9-13(16)8-11)14(19)18-5-3-15(2,10-17)4-6-18/h7-9H,3-6,10,17H2,1-2H3. The SMILES string of the molecule is Cc1cc(F)cc(C(=O)N2CCC(C)(CN)CC2)c1. The van der Waals surface area contributed by atoms with Crippen LogP contribution in [0.15, 0.2) is 18.2 Å². The first-order valence-corrected chi connectivity index (χ1v) is 6.70. The third kappa shape index (κ3) is 3.13. The lowest BCUT2D eigenvalue weighted by molar-refractivity contribution is 0.0617. The fourth-order valence-electron chi connectivity index (χ4n) is 2.50. The van der Waals surface area contributed by atoms with Crippen LogP contribution in [-0.4, -0.2) is 30.4 Å². The second-order valence-corrected chi connectivity index (χ2v) is 5.82. The molecule has 2 N–H and O–H groups in total. The molecule has 0 radical (unpaired) electrons. The molecular formula is C15H21FN2O. The number of carbonyl (C=O) groups excluding carboxylic acids is 1. The molecule has 1 aliphatic rings. The number of benzene rings is 1. The van der Waals surface area contributed by atoms with Gasteiger partial charge in [0.1, 0.15) is 5.82 Å². The molecule has 1 saturated heterocycles. The molecule has 0 aliphatic carbocycles. The summed E-state index contributed by atoms with van der Waals surface area (Å²) in [5, 5.41) is 0. The number of hydrogen-bond acceptors (Lipinski definition) is 2. The van der Waals surface area contributed by atoms with Crippen molar-refractivity contribution in [1.82, 2.24) is 4.90 Å². The van der Waals surface area contributed by atoms with Gasteiger partial charge in [-0.1, -0.05) is 6.92 Å². The highest BCUT2D eigenvalue weighted by molar-refractivity contribution is 5.94. The van der Waals surface area contributed by atoms with Crippen molar-refractivity contribution >= 4 is 5.91 Å². The molecule has 4 heteroatoms. The first kappa shape index (κ1) is 14.0. The minimum Gasteiger partial charge on any atom is -0.339 e. The quantitative estimate of drug-likeness (QED) is 0.891. The van der Waals surface area contributed by atoms with Gasteiger partial charge >= 0.3 is 0 Å². The average molecular weight is 264 g/mol. The van der Waals surface area contributed by atoms with Gasteiger partial charge in [-0.15, -0.1) is 0 Å². The molecule has 104 valence electrons. The van der Waals surface area contributed by atoms with Crippen LogP contribution in [0, 0.1) is 18.2 Å². The van der Waals surface area contributed by atoms with E-state index in [0.717, 1.165) is 18.4 Å². The number of nitrogens with two attached hydrogens (primary N) is 1. The zero-order chi connectivity index (χ0) is 14.0. The van der Waals surface area contributed by atoms with Crippen LogP contribution in [0.5, 0.6) is 0 Å². The van der Waals surface area contributed by atoms with Crippen LogP contribution < -0.4 is 5.73 Å². The van der Waals surface area contributed by atoms with E-state index in [9.17, 15) is 9.18 Å². The number of nitrogens with zero attached hydrogens (tertiary/aromatic N) is 1. The fraction of sp³-hybridized carbons (Fsp3) is 0.533. The summed E-state index contributed by atoms with van der Waals surface area (Å²) >= 11 is 0. The molecule has 0 saturated carbocycles. The summed E-state index contributed by atoms with van der Waals surface area (Å²) in [6, 6.07) is 4.48. The van der Waals surface area contributed by atoms with E-state index < -0.39 is 0 Å².